The van der Waals surface area contributed by atoms with Crippen LogP contribution in [0.25, 0.3) is 0 Å². The zero-order chi connectivity index (χ0) is 16.3. The Hall–Kier alpha value is -2.19. The molecular weight excluding hydrogens is 326 g/mol. The maximum absolute atomic E-state index is 12.0. The van der Waals surface area contributed by atoms with Crippen molar-refractivity contribution in [1.29, 1.82) is 0 Å². The molecule has 116 valence electrons. The van der Waals surface area contributed by atoms with Crippen LogP contribution in [0.2, 0.25) is 0 Å². The molecule has 0 aliphatic rings. The molecule has 2 rings (SSSR count). The van der Waals surface area contributed by atoms with Crippen molar-refractivity contribution in [3.8, 4) is 0 Å². The average molecular weight is 339 g/mol. The second-order valence-electron chi connectivity index (χ2n) is 4.58. The molecule has 0 aliphatic heterocycles. The molecular formula is C14H13NO5S2. The summed E-state index contributed by atoms with van der Waals surface area (Å²) in [6, 6.07) is 7.56. The van der Waals surface area contributed by atoms with Crippen LogP contribution in [0, 0.1) is 13.8 Å². The lowest BCUT2D eigenvalue weighted by Gasteiger charge is -2.03. The van der Waals surface area contributed by atoms with Gasteiger partial charge in [-0.1, -0.05) is 22.9 Å². The number of carbonyl (C=O) groups is 1. The lowest BCUT2D eigenvalue weighted by Crippen LogP contribution is -2.15. The Morgan fingerprint density at radius 3 is 2.32 bits per heavy atom. The van der Waals surface area contributed by atoms with E-state index in [-0.39, 0.29) is 4.90 Å². The SMILES string of the molecule is Cc1ccc(S(=O)(=O)ON=C(C(=O)O)c2cc(C)cs2)cc1. The van der Waals surface area contributed by atoms with E-state index in [0.29, 0.717) is 4.88 Å². The number of benzene rings is 1. The molecule has 6 nitrogen and oxygen atoms in total. The largest absolute Gasteiger partial charge is 0.476 e. The molecule has 0 atom stereocenters. The summed E-state index contributed by atoms with van der Waals surface area (Å²) in [6.45, 7) is 3.61. The van der Waals surface area contributed by atoms with E-state index >= 15 is 0 Å². The highest BCUT2D eigenvalue weighted by Crippen LogP contribution is 2.17. The van der Waals surface area contributed by atoms with Crippen LogP contribution in [0.3, 0.4) is 0 Å². The Balaban J connectivity index is 2.31. The number of carboxylic acid groups (broad SMARTS) is 1. The van der Waals surface area contributed by atoms with E-state index in [2.05, 4.69) is 9.44 Å². The second-order valence-corrected chi connectivity index (χ2v) is 7.02. The van der Waals surface area contributed by atoms with E-state index in [4.69, 9.17) is 5.11 Å². The number of aryl methyl sites for hydroxylation is 2. The number of hydrogen-bond acceptors (Lipinski definition) is 6. The monoisotopic (exact) mass is 339 g/mol. The number of hydrogen-bond donors (Lipinski definition) is 1. The number of nitrogens with zero attached hydrogens (tertiary/aromatic N) is 1. The van der Waals surface area contributed by atoms with Gasteiger partial charge in [0.25, 0.3) is 0 Å². The van der Waals surface area contributed by atoms with Gasteiger partial charge < -0.3 is 5.11 Å². The molecule has 1 aromatic carbocycles. The normalized spacial score (nSPS) is 12.2. The molecule has 0 bridgehead atoms. The molecule has 0 saturated carbocycles. The maximum atomic E-state index is 12.0. The van der Waals surface area contributed by atoms with Crippen molar-refractivity contribution in [2.45, 2.75) is 18.7 Å². The van der Waals surface area contributed by atoms with Crippen LogP contribution >= 0.6 is 11.3 Å². The smallest absolute Gasteiger partial charge is 0.359 e. The molecule has 22 heavy (non-hydrogen) atoms. The van der Waals surface area contributed by atoms with Crippen molar-refractivity contribution < 1.29 is 22.6 Å². The number of aliphatic carboxylic acids is 1. The third-order valence-electron chi connectivity index (χ3n) is 2.70. The van der Waals surface area contributed by atoms with Gasteiger partial charge in [0.05, 0.1) is 4.88 Å². The summed E-state index contributed by atoms with van der Waals surface area (Å²) in [5, 5.41) is 14.2. The molecule has 1 N–H and O–H groups in total. The molecule has 0 spiro atoms. The first kappa shape index (κ1) is 16.2. The van der Waals surface area contributed by atoms with Gasteiger partial charge >= 0.3 is 16.1 Å². The topological polar surface area (TPSA) is 93.0 Å². The molecule has 0 saturated heterocycles. The van der Waals surface area contributed by atoms with Crippen molar-refractivity contribution in [3.05, 3.63) is 51.7 Å². The van der Waals surface area contributed by atoms with Crippen LogP contribution in [-0.2, 0) is 19.2 Å². The third-order valence-corrected chi connectivity index (χ3v) is 4.88. The van der Waals surface area contributed by atoms with Gasteiger partial charge in [0.1, 0.15) is 4.90 Å². The van der Waals surface area contributed by atoms with Gasteiger partial charge in [0, 0.05) is 0 Å². The van der Waals surface area contributed by atoms with E-state index in [1.54, 1.807) is 30.5 Å². The Kier molecular flexibility index (Phi) is 4.62. The highest BCUT2D eigenvalue weighted by Gasteiger charge is 2.20. The number of oxime groups is 1. The lowest BCUT2D eigenvalue weighted by molar-refractivity contribution is -0.129. The summed E-state index contributed by atoms with van der Waals surface area (Å²) in [5.74, 6) is -1.36. The quantitative estimate of drug-likeness (QED) is 0.667. The van der Waals surface area contributed by atoms with Crippen molar-refractivity contribution in [2.75, 3.05) is 0 Å². The Morgan fingerprint density at radius 1 is 1.18 bits per heavy atom. The van der Waals surface area contributed by atoms with E-state index in [1.165, 1.54) is 12.1 Å². The first-order valence-electron chi connectivity index (χ1n) is 6.17. The summed E-state index contributed by atoms with van der Waals surface area (Å²) in [6.07, 6.45) is 0. The Labute approximate surface area is 131 Å². The van der Waals surface area contributed by atoms with Gasteiger partial charge in [0.15, 0.2) is 0 Å². The van der Waals surface area contributed by atoms with Crippen LogP contribution < -0.4 is 0 Å². The summed E-state index contributed by atoms with van der Waals surface area (Å²) >= 11 is 1.15. The van der Waals surface area contributed by atoms with E-state index in [0.717, 1.165) is 22.5 Å². The molecule has 1 heterocycles. The maximum Gasteiger partial charge on any atom is 0.359 e. The molecule has 8 heteroatoms. The average Bonchev–Trinajstić information content (AvgIpc) is 2.85. The van der Waals surface area contributed by atoms with Crippen LogP contribution in [0.15, 0.2) is 45.8 Å². The van der Waals surface area contributed by atoms with Gasteiger partial charge in [-0.2, -0.15) is 8.42 Å². The third kappa shape index (κ3) is 3.71. The first-order valence-corrected chi connectivity index (χ1v) is 8.45. The van der Waals surface area contributed by atoms with E-state index < -0.39 is 21.8 Å². The van der Waals surface area contributed by atoms with Crippen LogP contribution in [0.1, 0.15) is 16.0 Å². The molecule has 0 amide bonds. The van der Waals surface area contributed by atoms with Crippen LogP contribution in [0.4, 0.5) is 0 Å². The number of rotatable bonds is 5. The zero-order valence-corrected chi connectivity index (χ0v) is 13.4. The predicted molar refractivity (Wildman–Crippen MR) is 82.7 cm³/mol. The predicted octanol–water partition coefficient (Wildman–Crippen LogP) is 2.56. The Morgan fingerprint density at radius 2 is 1.82 bits per heavy atom. The standard InChI is InChI=1S/C14H13NO5S2/c1-9-3-5-11(6-4-9)22(18,19)20-15-13(14(16)17)12-7-10(2)8-21-12/h3-8H,1-2H3,(H,16,17). The summed E-state index contributed by atoms with van der Waals surface area (Å²) in [7, 11) is -4.15. The van der Waals surface area contributed by atoms with Crippen LogP contribution in [0.5, 0.6) is 0 Å². The highest BCUT2D eigenvalue weighted by atomic mass is 32.2. The molecule has 0 aliphatic carbocycles. The minimum Gasteiger partial charge on any atom is -0.476 e. The fourth-order valence-electron chi connectivity index (χ4n) is 1.58. The first-order chi connectivity index (χ1) is 10.3. The molecule has 0 unspecified atom stereocenters. The number of thiophene rings is 1. The summed E-state index contributed by atoms with van der Waals surface area (Å²) < 4.78 is 28.5. The van der Waals surface area contributed by atoms with Gasteiger partial charge in [-0.3, -0.25) is 4.28 Å². The zero-order valence-electron chi connectivity index (χ0n) is 11.8. The van der Waals surface area contributed by atoms with Gasteiger partial charge in [0.2, 0.25) is 5.71 Å². The molecule has 1 aromatic heterocycles. The number of carboxylic acids is 1. The van der Waals surface area contributed by atoms with Crippen molar-refractivity contribution in [2.24, 2.45) is 5.16 Å². The minimum absolute atomic E-state index is 0.0889. The molecule has 0 fully saturated rings. The summed E-state index contributed by atoms with van der Waals surface area (Å²) in [5.41, 5.74) is 1.30. The van der Waals surface area contributed by atoms with Gasteiger partial charge in [-0.25, -0.2) is 4.79 Å². The molecule has 2 aromatic rings. The van der Waals surface area contributed by atoms with E-state index in [9.17, 15) is 13.2 Å². The van der Waals surface area contributed by atoms with Crippen LogP contribution in [-0.4, -0.2) is 25.2 Å². The van der Waals surface area contributed by atoms with Gasteiger partial charge in [-0.05, 0) is 43.0 Å². The lowest BCUT2D eigenvalue weighted by atomic mass is 10.2. The van der Waals surface area contributed by atoms with Crippen molar-refractivity contribution in [3.63, 3.8) is 0 Å². The van der Waals surface area contributed by atoms with E-state index in [1.807, 2.05) is 6.92 Å². The fraction of sp³-hybridized carbons (Fsp3) is 0.143. The highest BCUT2D eigenvalue weighted by molar-refractivity contribution is 7.86. The van der Waals surface area contributed by atoms with Crippen molar-refractivity contribution >= 4 is 33.1 Å². The summed E-state index contributed by atoms with van der Waals surface area (Å²) in [4.78, 5) is 11.4. The second kappa shape index (κ2) is 6.29. The Bertz CT molecular complexity index is 819. The van der Waals surface area contributed by atoms with Gasteiger partial charge in [-0.15, -0.1) is 11.3 Å². The fourth-order valence-corrected chi connectivity index (χ4v) is 3.18. The molecule has 0 radical (unpaired) electrons. The van der Waals surface area contributed by atoms with Crippen molar-refractivity contribution in [1.82, 2.24) is 0 Å². The minimum atomic E-state index is -4.15.